The second kappa shape index (κ2) is 3.32. The maximum absolute atomic E-state index is 5.84. The minimum Gasteiger partial charge on any atom is -0.295 e. The maximum atomic E-state index is 5.84. The van der Waals surface area contributed by atoms with Crippen LogP contribution in [0.4, 0.5) is 0 Å². The predicted molar refractivity (Wildman–Crippen MR) is 59.1 cm³/mol. The lowest BCUT2D eigenvalue weighted by Gasteiger charge is -2.35. The second-order valence-corrected chi connectivity index (χ2v) is 4.78. The van der Waals surface area contributed by atoms with Gasteiger partial charge >= 0.3 is 0 Å². The van der Waals surface area contributed by atoms with Crippen LogP contribution in [-0.2, 0) is 4.84 Å². The molecule has 2 fully saturated rings. The van der Waals surface area contributed by atoms with Crippen LogP contribution in [0, 0.1) is 11.8 Å². The zero-order valence-electron chi connectivity index (χ0n) is 9.26. The lowest BCUT2D eigenvalue weighted by atomic mass is 9.99. The molecule has 1 aliphatic carbocycles. The van der Waals surface area contributed by atoms with Crippen LogP contribution >= 0.6 is 0 Å². The molecule has 1 heterocycles. The summed E-state index contributed by atoms with van der Waals surface area (Å²) in [5.74, 6) is 1.59. The summed E-state index contributed by atoms with van der Waals surface area (Å²) in [6.07, 6.45) is 1.73. The molecule has 0 spiro atoms. The van der Waals surface area contributed by atoms with Crippen LogP contribution in [0.15, 0.2) is 30.3 Å². The van der Waals surface area contributed by atoms with Crippen molar-refractivity contribution in [3.8, 4) is 0 Å². The second-order valence-electron chi connectivity index (χ2n) is 4.78. The number of rotatable bonds is 1. The van der Waals surface area contributed by atoms with Gasteiger partial charge in [0.2, 0.25) is 0 Å². The van der Waals surface area contributed by atoms with Gasteiger partial charge in [0.25, 0.3) is 0 Å². The van der Waals surface area contributed by atoms with Gasteiger partial charge in [-0.3, -0.25) is 4.84 Å². The van der Waals surface area contributed by atoms with Gasteiger partial charge in [-0.25, -0.2) is 0 Å². The van der Waals surface area contributed by atoms with Crippen LogP contribution in [0.5, 0.6) is 0 Å². The Bertz CT molecular complexity index is 349. The first-order valence-corrected chi connectivity index (χ1v) is 5.72. The van der Waals surface area contributed by atoms with Gasteiger partial charge in [0, 0.05) is 7.05 Å². The third kappa shape index (κ3) is 1.48. The van der Waals surface area contributed by atoms with Crippen molar-refractivity contribution < 1.29 is 4.84 Å². The Kier molecular flexibility index (Phi) is 2.08. The molecule has 0 N–H and O–H groups in total. The molecule has 1 aromatic carbocycles. The average Bonchev–Trinajstić information content (AvgIpc) is 2.99. The van der Waals surface area contributed by atoms with Gasteiger partial charge in [-0.1, -0.05) is 30.3 Å². The summed E-state index contributed by atoms with van der Waals surface area (Å²) in [4.78, 5) is 5.84. The number of hydrogen-bond donors (Lipinski definition) is 0. The molecule has 0 aromatic heterocycles. The molecule has 0 unspecified atom stereocenters. The predicted octanol–water partition coefficient (Wildman–Crippen LogP) is 2.63. The number of fused-ring (bicyclic) bond motifs is 1. The van der Waals surface area contributed by atoms with E-state index >= 15 is 0 Å². The summed E-state index contributed by atoms with van der Waals surface area (Å²) >= 11 is 0. The van der Waals surface area contributed by atoms with Gasteiger partial charge in [-0.15, -0.1) is 0 Å². The van der Waals surface area contributed by atoms with E-state index < -0.39 is 0 Å². The molecule has 4 atom stereocenters. The van der Waals surface area contributed by atoms with Gasteiger partial charge in [-0.05, 0) is 30.7 Å². The van der Waals surface area contributed by atoms with E-state index in [-0.39, 0.29) is 0 Å². The van der Waals surface area contributed by atoms with Crippen molar-refractivity contribution >= 4 is 0 Å². The Morgan fingerprint density at radius 3 is 2.67 bits per heavy atom. The zero-order chi connectivity index (χ0) is 10.4. The molecule has 2 nitrogen and oxygen atoms in total. The first kappa shape index (κ1) is 9.37. The summed E-state index contributed by atoms with van der Waals surface area (Å²) in [5, 5.41) is 2.05. The molecular formula is C13H17NO. The molecule has 15 heavy (non-hydrogen) atoms. The van der Waals surface area contributed by atoms with Crippen LogP contribution in [-0.4, -0.2) is 18.2 Å². The minimum atomic E-state index is 0.403. The summed E-state index contributed by atoms with van der Waals surface area (Å²) in [6, 6.07) is 11.2. The molecule has 2 aliphatic rings. The average molecular weight is 203 g/mol. The summed E-state index contributed by atoms with van der Waals surface area (Å²) in [7, 11) is 2.06. The Morgan fingerprint density at radius 2 is 1.93 bits per heavy atom. The van der Waals surface area contributed by atoms with Crippen LogP contribution in [0.25, 0.3) is 0 Å². The van der Waals surface area contributed by atoms with E-state index in [0.717, 1.165) is 11.8 Å². The Labute approximate surface area is 90.8 Å². The maximum Gasteiger partial charge on any atom is 0.0796 e. The van der Waals surface area contributed by atoms with E-state index in [1.807, 2.05) is 5.06 Å². The zero-order valence-corrected chi connectivity index (χ0v) is 9.26. The lowest BCUT2D eigenvalue weighted by molar-refractivity contribution is -0.234. The highest BCUT2D eigenvalue weighted by Crippen LogP contribution is 2.55. The van der Waals surface area contributed by atoms with Crippen LogP contribution < -0.4 is 0 Å². The number of hydroxylamine groups is 2. The van der Waals surface area contributed by atoms with Crippen molar-refractivity contribution in [2.24, 2.45) is 11.8 Å². The minimum absolute atomic E-state index is 0.403. The quantitative estimate of drug-likeness (QED) is 0.695. The highest BCUT2D eigenvalue weighted by atomic mass is 16.7. The molecule has 3 rings (SSSR count). The van der Waals surface area contributed by atoms with Crippen molar-refractivity contribution in [1.29, 1.82) is 0 Å². The summed E-state index contributed by atoms with van der Waals surface area (Å²) < 4.78 is 0. The molecule has 1 aliphatic heterocycles. The standard InChI is InChI=1S/C13H17NO/c1-9-11-8-12(11)13(14(2)15-9)10-6-4-3-5-7-10/h3-7,9,11-13H,8H2,1-2H3/t9-,11-,12-,13+/m0/s1. The molecular weight excluding hydrogens is 186 g/mol. The SMILES string of the molecule is C[C@@H]1ON(C)[C@H](c2ccccc2)[C@H]2C[C@H]21. The van der Waals surface area contributed by atoms with Crippen molar-refractivity contribution in [2.45, 2.75) is 25.5 Å². The molecule has 1 saturated heterocycles. The van der Waals surface area contributed by atoms with Crippen molar-refractivity contribution in [2.75, 3.05) is 7.05 Å². The summed E-state index contributed by atoms with van der Waals surface area (Å²) in [6.45, 7) is 2.18. The Morgan fingerprint density at radius 1 is 1.20 bits per heavy atom. The van der Waals surface area contributed by atoms with Crippen molar-refractivity contribution in [1.82, 2.24) is 5.06 Å². The highest BCUT2D eigenvalue weighted by Gasteiger charge is 2.52. The third-order valence-electron chi connectivity index (χ3n) is 3.77. The Hall–Kier alpha value is -0.860. The normalized spacial score (nSPS) is 39.9. The van der Waals surface area contributed by atoms with E-state index in [1.165, 1.54) is 12.0 Å². The van der Waals surface area contributed by atoms with E-state index in [1.54, 1.807) is 0 Å². The smallest absolute Gasteiger partial charge is 0.0796 e. The molecule has 80 valence electrons. The largest absolute Gasteiger partial charge is 0.295 e. The van der Waals surface area contributed by atoms with Gasteiger partial charge in [0.1, 0.15) is 0 Å². The number of nitrogens with zero attached hydrogens (tertiary/aromatic N) is 1. The van der Waals surface area contributed by atoms with E-state index in [0.29, 0.717) is 12.1 Å². The van der Waals surface area contributed by atoms with E-state index in [4.69, 9.17) is 4.84 Å². The first-order chi connectivity index (χ1) is 7.27. The van der Waals surface area contributed by atoms with Gasteiger partial charge in [-0.2, -0.15) is 5.06 Å². The van der Waals surface area contributed by atoms with Gasteiger partial charge < -0.3 is 0 Å². The monoisotopic (exact) mass is 203 g/mol. The van der Waals surface area contributed by atoms with Crippen LogP contribution in [0.1, 0.15) is 24.9 Å². The Balaban J connectivity index is 1.88. The number of benzene rings is 1. The third-order valence-corrected chi connectivity index (χ3v) is 3.77. The topological polar surface area (TPSA) is 12.5 Å². The van der Waals surface area contributed by atoms with Gasteiger partial charge in [0.15, 0.2) is 0 Å². The first-order valence-electron chi connectivity index (χ1n) is 5.72. The molecule has 0 amide bonds. The molecule has 1 saturated carbocycles. The fraction of sp³-hybridized carbons (Fsp3) is 0.538. The molecule has 1 aromatic rings. The number of hydrogen-bond acceptors (Lipinski definition) is 2. The molecule has 2 heteroatoms. The van der Waals surface area contributed by atoms with Crippen LogP contribution in [0.2, 0.25) is 0 Å². The summed E-state index contributed by atoms with van der Waals surface area (Å²) in [5.41, 5.74) is 1.39. The van der Waals surface area contributed by atoms with Crippen molar-refractivity contribution in [3.05, 3.63) is 35.9 Å². The highest BCUT2D eigenvalue weighted by molar-refractivity contribution is 5.22. The fourth-order valence-electron chi connectivity index (χ4n) is 2.92. The molecule has 0 radical (unpaired) electrons. The van der Waals surface area contributed by atoms with E-state index in [9.17, 15) is 0 Å². The lowest BCUT2D eigenvalue weighted by Crippen LogP contribution is -2.36. The molecule has 0 bridgehead atoms. The van der Waals surface area contributed by atoms with Crippen molar-refractivity contribution in [3.63, 3.8) is 0 Å². The van der Waals surface area contributed by atoms with E-state index in [2.05, 4.69) is 44.3 Å². The fourth-order valence-corrected chi connectivity index (χ4v) is 2.92. The van der Waals surface area contributed by atoms with Crippen LogP contribution in [0.3, 0.4) is 0 Å². The van der Waals surface area contributed by atoms with Gasteiger partial charge in [0.05, 0.1) is 12.1 Å².